The summed E-state index contributed by atoms with van der Waals surface area (Å²) >= 11 is 3.56. The van der Waals surface area contributed by atoms with Crippen molar-refractivity contribution in [3.05, 3.63) is 58.3 Å². The van der Waals surface area contributed by atoms with Crippen molar-refractivity contribution < 1.29 is 9.84 Å². The molecule has 0 bridgehead atoms. The topological polar surface area (TPSA) is 47.3 Å². The number of aromatic nitrogens is 2. The molecule has 0 aliphatic heterocycles. The molecule has 0 radical (unpaired) electrons. The molecule has 2 aromatic carbocycles. The van der Waals surface area contributed by atoms with Crippen molar-refractivity contribution in [2.24, 2.45) is 0 Å². The summed E-state index contributed by atoms with van der Waals surface area (Å²) in [7, 11) is 1.53. The van der Waals surface area contributed by atoms with Crippen molar-refractivity contribution in [2.45, 2.75) is 13.8 Å². The normalized spacial score (nSPS) is 10.8. The van der Waals surface area contributed by atoms with Crippen LogP contribution >= 0.6 is 15.9 Å². The molecule has 1 aromatic heterocycles. The van der Waals surface area contributed by atoms with Gasteiger partial charge in [0.1, 0.15) is 0 Å². The summed E-state index contributed by atoms with van der Waals surface area (Å²) in [5.74, 6) is 0.545. The van der Waals surface area contributed by atoms with Gasteiger partial charge in [-0.25, -0.2) is 4.68 Å². The predicted molar refractivity (Wildman–Crippen MR) is 94.4 cm³/mol. The van der Waals surface area contributed by atoms with Crippen LogP contribution in [0, 0.1) is 13.8 Å². The summed E-state index contributed by atoms with van der Waals surface area (Å²) in [5, 5.41) is 14.8. The highest BCUT2D eigenvalue weighted by atomic mass is 79.9. The first-order valence-corrected chi connectivity index (χ1v) is 8.00. The quantitative estimate of drug-likeness (QED) is 0.728. The Morgan fingerprint density at radius 1 is 1.13 bits per heavy atom. The number of ether oxygens (including phenoxy) is 1. The third kappa shape index (κ3) is 2.72. The average molecular weight is 373 g/mol. The first-order valence-electron chi connectivity index (χ1n) is 7.21. The Bertz CT molecular complexity index is 857. The maximum atomic E-state index is 10.1. The fourth-order valence-corrected chi connectivity index (χ4v) is 3.27. The van der Waals surface area contributed by atoms with Gasteiger partial charge in [-0.05, 0) is 38.1 Å². The number of nitrogens with zero attached hydrogens (tertiary/aromatic N) is 2. The molecule has 0 aliphatic carbocycles. The predicted octanol–water partition coefficient (Wildman–Crippen LogP) is 4.63. The highest BCUT2D eigenvalue weighted by Crippen LogP contribution is 2.40. The lowest BCUT2D eigenvalue weighted by molar-refractivity contribution is 0.373. The Morgan fingerprint density at radius 2 is 1.83 bits per heavy atom. The number of para-hydroxylation sites is 1. The van der Waals surface area contributed by atoms with E-state index in [1.54, 1.807) is 12.1 Å². The van der Waals surface area contributed by atoms with Gasteiger partial charge >= 0.3 is 0 Å². The van der Waals surface area contributed by atoms with E-state index < -0.39 is 0 Å². The van der Waals surface area contributed by atoms with Gasteiger partial charge in [0.15, 0.2) is 11.5 Å². The maximum Gasteiger partial charge on any atom is 0.161 e. The van der Waals surface area contributed by atoms with Gasteiger partial charge in [-0.2, -0.15) is 5.10 Å². The van der Waals surface area contributed by atoms with Crippen LogP contribution in [0.15, 0.2) is 46.9 Å². The number of aromatic hydroxyl groups is 1. The lowest BCUT2D eigenvalue weighted by Crippen LogP contribution is -1.98. The molecule has 0 amide bonds. The minimum atomic E-state index is 0.108. The highest BCUT2D eigenvalue weighted by Gasteiger charge is 2.18. The van der Waals surface area contributed by atoms with Crippen molar-refractivity contribution in [1.29, 1.82) is 0 Å². The molecule has 0 fully saturated rings. The Kier molecular flexibility index (Phi) is 4.13. The first-order chi connectivity index (χ1) is 11.0. The fourth-order valence-electron chi connectivity index (χ4n) is 2.75. The molecule has 0 atom stereocenters. The molecule has 118 valence electrons. The zero-order chi connectivity index (χ0) is 16.6. The molecule has 4 nitrogen and oxygen atoms in total. The minimum absolute atomic E-state index is 0.108. The summed E-state index contributed by atoms with van der Waals surface area (Å²) < 4.78 is 7.92. The third-order valence-corrected chi connectivity index (χ3v) is 4.49. The summed E-state index contributed by atoms with van der Waals surface area (Å²) in [6.07, 6.45) is 0. The number of methoxy groups -OCH3 is 1. The zero-order valence-corrected chi connectivity index (χ0v) is 14.8. The number of benzene rings is 2. The summed E-state index contributed by atoms with van der Waals surface area (Å²) in [5.41, 5.74) is 4.81. The molecule has 0 saturated carbocycles. The molecule has 3 aromatic rings. The summed E-state index contributed by atoms with van der Waals surface area (Å²) in [4.78, 5) is 0. The van der Waals surface area contributed by atoms with E-state index in [0.29, 0.717) is 5.75 Å². The first kappa shape index (κ1) is 15.6. The molecular formula is C18H17BrN2O2. The van der Waals surface area contributed by atoms with E-state index in [0.717, 1.165) is 32.7 Å². The maximum absolute atomic E-state index is 10.1. The standard InChI is InChI=1S/C18H17BrN2O2/c1-11-18(14-9-16(22)17(23-3)10-15(14)19)12(2)21(20-11)13-7-5-4-6-8-13/h4-10,22H,1-3H3. The average Bonchev–Trinajstić information content (AvgIpc) is 2.85. The zero-order valence-electron chi connectivity index (χ0n) is 13.2. The van der Waals surface area contributed by atoms with Crippen molar-refractivity contribution in [2.75, 3.05) is 7.11 Å². The second-order valence-electron chi connectivity index (χ2n) is 5.30. The van der Waals surface area contributed by atoms with Crippen LogP contribution < -0.4 is 4.74 Å². The Balaban J connectivity index is 2.19. The second-order valence-corrected chi connectivity index (χ2v) is 6.15. The van der Waals surface area contributed by atoms with Gasteiger partial charge in [0.05, 0.1) is 18.5 Å². The van der Waals surface area contributed by atoms with Crippen LogP contribution in [0.5, 0.6) is 11.5 Å². The molecule has 1 heterocycles. The Hall–Kier alpha value is -2.27. The SMILES string of the molecule is COc1cc(Br)c(-c2c(C)nn(-c3ccccc3)c2C)cc1O. The van der Waals surface area contributed by atoms with E-state index in [4.69, 9.17) is 4.74 Å². The number of aryl methyl sites for hydroxylation is 1. The van der Waals surface area contributed by atoms with E-state index in [-0.39, 0.29) is 5.75 Å². The largest absolute Gasteiger partial charge is 0.504 e. The van der Waals surface area contributed by atoms with Crippen LogP contribution in [-0.2, 0) is 0 Å². The number of phenolic OH excluding ortho intramolecular Hbond substituents is 1. The molecule has 1 N–H and O–H groups in total. The van der Waals surface area contributed by atoms with Crippen LogP contribution in [-0.4, -0.2) is 22.0 Å². The van der Waals surface area contributed by atoms with Gasteiger partial charge in [0, 0.05) is 21.3 Å². The molecule has 0 saturated heterocycles. The molecule has 0 unspecified atom stereocenters. The van der Waals surface area contributed by atoms with E-state index >= 15 is 0 Å². The molecule has 0 aliphatic rings. The third-order valence-electron chi connectivity index (χ3n) is 3.83. The van der Waals surface area contributed by atoms with Crippen LogP contribution in [0.3, 0.4) is 0 Å². The number of hydrogen-bond acceptors (Lipinski definition) is 3. The van der Waals surface area contributed by atoms with Crippen LogP contribution in [0.25, 0.3) is 16.8 Å². The van der Waals surface area contributed by atoms with Crippen molar-refractivity contribution in [3.63, 3.8) is 0 Å². The molecular weight excluding hydrogens is 356 g/mol. The van der Waals surface area contributed by atoms with Crippen molar-refractivity contribution >= 4 is 15.9 Å². The van der Waals surface area contributed by atoms with Gasteiger partial charge < -0.3 is 9.84 Å². The summed E-state index contributed by atoms with van der Waals surface area (Å²) in [6.45, 7) is 3.99. The number of rotatable bonds is 3. The fraction of sp³-hybridized carbons (Fsp3) is 0.167. The van der Waals surface area contributed by atoms with Crippen LogP contribution in [0.4, 0.5) is 0 Å². The van der Waals surface area contributed by atoms with Gasteiger partial charge in [-0.3, -0.25) is 0 Å². The highest BCUT2D eigenvalue weighted by molar-refractivity contribution is 9.10. The number of halogens is 1. The molecule has 23 heavy (non-hydrogen) atoms. The smallest absolute Gasteiger partial charge is 0.161 e. The van der Waals surface area contributed by atoms with Crippen molar-refractivity contribution in [3.8, 4) is 28.3 Å². The minimum Gasteiger partial charge on any atom is -0.504 e. The Labute approximate surface area is 143 Å². The molecule has 0 spiro atoms. The van der Waals surface area contributed by atoms with Crippen LogP contribution in [0.1, 0.15) is 11.4 Å². The van der Waals surface area contributed by atoms with Gasteiger partial charge in [-0.15, -0.1) is 0 Å². The second kappa shape index (κ2) is 6.08. The van der Waals surface area contributed by atoms with Crippen molar-refractivity contribution in [1.82, 2.24) is 9.78 Å². The van der Waals surface area contributed by atoms with Gasteiger partial charge in [0.25, 0.3) is 0 Å². The van der Waals surface area contributed by atoms with Crippen LogP contribution in [0.2, 0.25) is 0 Å². The molecule has 5 heteroatoms. The number of hydrogen-bond donors (Lipinski definition) is 1. The Morgan fingerprint density at radius 3 is 2.48 bits per heavy atom. The van der Waals surface area contributed by atoms with E-state index in [1.165, 1.54) is 7.11 Å². The van der Waals surface area contributed by atoms with E-state index in [1.807, 2.05) is 48.9 Å². The lowest BCUT2D eigenvalue weighted by atomic mass is 10.0. The van der Waals surface area contributed by atoms with Gasteiger partial charge in [-0.1, -0.05) is 34.1 Å². The monoisotopic (exact) mass is 372 g/mol. The number of phenols is 1. The molecule has 3 rings (SSSR count). The van der Waals surface area contributed by atoms with Gasteiger partial charge in [0.2, 0.25) is 0 Å². The van der Waals surface area contributed by atoms with E-state index in [2.05, 4.69) is 21.0 Å². The summed E-state index contributed by atoms with van der Waals surface area (Å²) in [6, 6.07) is 13.5. The van der Waals surface area contributed by atoms with E-state index in [9.17, 15) is 5.11 Å². The lowest BCUT2D eigenvalue weighted by Gasteiger charge is -2.10.